The Kier molecular flexibility index (Phi) is 4.55. The van der Waals surface area contributed by atoms with Gasteiger partial charge in [-0.25, -0.2) is 4.79 Å². The number of nitrogens with one attached hydrogen (secondary N) is 1. The molecule has 0 saturated carbocycles. The molecule has 1 aromatic rings. The van der Waals surface area contributed by atoms with E-state index in [1.54, 1.807) is 21.9 Å². The molecule has 2 heterocycles. The molecule has 116 valence electrons. The quantitative estimate of drug-likeness (QED) is 0.860. The Labute approximate surface area is 125 Å². The predicted molar refractivity (Wildman–Crippen MR) is 79.1 cm³/mol. The molecule has 2 rings (SSSR count). The first kappa shape index (κ1) is 15.4. The number of furan rings is 1. The van der Waals surface area contributed by atoms with E-state index in [9.17, 15) is 9.59 Å². The number of hydrogen-bond donors (Lipinski definition) is 1. The SMILES string of the molecule is CC(C)(C)NC(=O)N1CCCN(C(=O)c2ccco2)CC1. The molecule has 3 amide bonds. The molecule has 1 aromatic heterocycles. The maximum Gasteiger partial charge on any atom is 0.317 e. The zero-order valence-corrected chi connectivity index (χ0v) is 12.9. The number of carbonyl (C=O) groups excluding carboxylic acids is 2. The Balaban J connectivity index is 1.93. The second kappa shape index (κ2) is 6.20. The molecule has 0 atom stereocenters. The van der Waals surface area contributed by atoms with E-state index >= 15 is 0 Å². The van der Waals surface area contributed by atoms with Crippen LogP contribution in [0.25, 0.3) is 0 Å². The summed E-state index contributed by atoms with van der Waals surface area (Å²) in [6, 6.07) is 3.29. The maximum absolute atomic E-state index is 12.2. The zero-order valence-electron chi connectivity index (χ0n) is 12.9. The molecule has 6 heteroatoms. The van der Waals surface area contributed by atoms with Crippen molar-refractivity contribution < 1.29 is 14.0 Å². The number of hydrogen-bond acceptors (Lipinski definition) is 3. The zero-order chi connectivity index (χ0) is 15.5. The van der Waals surface area contributed by atoms with Gasteiger partial charge in [-0.1, -0.05) is 0 Å². The summed E-state index contributed by atoms with van der Waals surface area (Å²) in [5.41, 5.74) is -0.257. The van der Waals surface area contributed by atoms with Crippen molar-refractivity contribution >= 4 is 11.9 Å². The van der Waals surface area contributed by atoms with Gasteiger partial charge in [0.1, 0.15) is 0 Å². The third kappa shape index (κ3) is 4.24. The van der Waals surface area contributed by atoms with Gasteiger partial charge < -0.3 is 19.5 Å². The van der Waals surface area contributed by atoms with Crippen molar-refractivity contribution in [1.29, 1.82) is 0 Å². The van der Waals surface area contributed by atoms with Gasteiger partial charge >= 0.3 is 6.03 Å². The Morgan fingerprint density at radius 1 is 1.14 bits per heavy atom. The van der Waals surface area contributed by atoms with E-state index in [0.29, 0.717) is 31.9 Å². The third-order valence-corrected chi connectivity index (χ3v) is 3.28. The van der Waals surface area contributed by atoms with E-state index < -0.39 is 0 Å². The topological polar surface area (TPSA) is 65.8 Å². The van der Waals surface area contributed by atoms with E-state index in [1.807, 2.05) is 20.8 Å². The van der Waals surface area contributed by atoms with Crippen LogP contribution in [0.5, 0.6) is 0 Å². The number of carbonyl (C=O) groups is 2. The standard InChI is InChI=1S/C15H23N3O3/c1-15(2,3)16-14(20)18-8-5-7-17(9-10-18)13(19)12-6-4-11-21-12/h4,6,11H,5,7-10H2,1-3H3,(H,16,20). The summed E-state index contributed by atoms with van der Waals surface area (Å²) in [5, 5.41) is 2.95. The van der Waals surface area contributed by atoms with Gasteiger partial charge in [0.2, 0.25) is 0 Å². The highest BCUT2D eigenvalue weighted by atomic mass is 16.3. The molecule has 1 fully saturated rings. The molecular weight excluding hydrogens is 270 g/mol. The van der Waals surface area contributed by atoms with E-state index in [-0.39, 0.29) is 17.5 Å². The first-order valence-electron chi connectivity index (χ1n) is 7.27. The number of nitrogens with zero attached hydrogens (tertiary/aromatic N) is 2. The second-order valence-electron chi connectivity index (χ2n) is 6.29. The molecule has 0 bridgehead atoms. The van der Waals surface area contributed by atoms with Crippen LogP contribution in [-0.4, -0.2) is 53.5 Å². The van der Waals surface area contributed by atoms with Crippen molar-refractivity contribution in [1.82, 2.24) is 15.1 Å². The minimum atomic E-state index is -0.257. The van der Waals surface area contributed by atoms with Crippen molar-refractivity contribution in [2.45, 2.75) is 32.7 Å². The molecule has 1 aliphatic rings. The van der Waals surface area contributed by atoms with Gasteiger partial charge in [-0.15, -0.1) is 0 Å². The molecular formula is C15H23N3O3. The minimum absolute atomic E-state index is 0.0743. The van der Waals surface area contributed by atoms with Gasteiger partial charge in [0.15, 0.2) is 5.76 Å². The fraction of sp³-hybridized carbons (Fsp3) is 0.600. The summed E-state index contributed by atoms with van der Waals surface area (Å²) in [7, 11) is 0. The van der Waals surface area contributed by atoms with Gasteiger partial charge in [0.05, 0.1) is 6.26 Å². The van der Waals surface area contributed by atoms with Crippen LogP contribution in [-0.2, 0) is 0 Å². The van der Waals surface area contributed by atoms with Crippen molar-refractivity contribution in [3.05, 3.63) is 24.2 Å². The van der Waals surface area contributed by atoms with Crippen molar-refractivity contribution in [3.8, 4) is 0 Å². The minimum Gasteiger partial charge on any atom is -0.459 e. The molecule has 0 radical (unpaired) electrons. The third-order valence-electron chi connectivity index (χ3n) is 3.28. The van der Waals surface area contributed by atoms with Crippen molar-refractivity contribution in [3.63, 3.8) is 0 Å². The lowest BCUT2D eigenvalue weighted by molar-refractivity contribution is 0.0730. The van der Waals surface area contributed by atoms with Crippen LogP contribution in [0, 0.1) is 0 Å². The first-order valence-corrected chi connectivity index (χ1v) is 7.27. The molecule has 1 saturated heterocycles. The molecule has 0 aliphatic carbocycles. The number of urea groups is 1. The lowest BCUT2D eigenvalue weighted by atomic mass is 10.1. The molecule has 6 nitrogen and oxygen atoms in total. The first-order chi connectivity index (χ1) is 9.87. The maximum atomic E-state index is 12.2. The monoisotopic (exact) mass is 293 g/mol. The summed E-state index contributed by atoms with van der Waals surface area (Å²) in [5.74, 6) is 0.237. The summed E-state index contributed by atoms with van der Waals surface area (Å²) in [6.07, 6.45) is 2.26. The predicted octanol–water partition coefficient (Wildman–Crippen LogP) is 1.94. The lowest BCUT2D eigenvalue weighted by Crippen LogP contribution is -2.49. The van der Waals surface area contributed by atoms with Gasteiger partial charge in [-0.3, -0.25) is 4.79 Å². The van der Waals surface area contributed by atoms with Crippen LogP contribution in [0.2, 0.25) is 0 Å². The Hall–Kier alpha value is -1.98. The highest BCUT2D eigenvalue weighted by Gasteiger charge is 2.25. The van der Waals surface area contributed by atoms with Crippen LogP contribution >= 0.6 is 0 Å². The summed E-state index contributed by atoms with van der Waals surface area (Å²) in [6.45, 7) is 8.22. The van der Waals surface area contributed by atoms with Crippen LogP contribution < -0.4 is 5.32 Å². The average Bonchev–Trinajstić information content (AvgIpc) is 2.80. The highest BCUT2D eigenvalue weighted by Crippen LogP contribution is 2.10. The summed E-state index contributed by atoms with van der Waals surface area (Å²) >= 11 is 0. The van der Waals surface area contributed by atoms with Crippen LogP contribution in [0.15, 0.2) is 22.8 Å². The van der Waals surface area contributed by atoms with E-state index in [0.717, 1.165) is 6.42 Å². The molecule has 0 spiro atoms. The smallest absolute Gasteiger partial charge is 0.317 e. The highest BCUT2D eigenvalue weighted by molar-refractivity contribution is 5.91. The Bertz CT molecular complexity index is 491. The normalized spacial score (nSPS) is 16.5. The van der Waals surface area contributed by atoms with Crippen molar-refractivity contribution in [2.24, 2.45) is 0 Å². The molecule has 0 unspecified atom stereocenters. The Morgan fingerprint density at radius 2 is 1.81 bits per heavy atom. The van der Waals surface area contributed by atoms with E-state index in [4.69, 9.17) is 4.42 Å². The van der Waals surface area contributed by atoms with Crippen LogP contribution in [0.4, 0.5) is 4.79 Å². The number of amides is 3. The molecule has 1 N–H and O–H groups in total. The van der Waals surface area contributed by atoms with Crippen LogP contribution in [0.1, 0.15) is 37.7 Å². The van der Waals surface area contributed by atoms with E-state index in [2.05, 4.69) is 5.32 Å². The largest absolute Gasteiger partial charge is 0.459 e. The van der Waals surface area contributed by atoms with Gasteiger partial charge in [-0.05, 0) is 39.3 Å². The van der Waals surface area contributed by atoms with E-state index in [1.165, 1.54) is 6.26 Å². The Morgan fingerprint density at radius 3 is 2.43 bits per heavy atom. The second-order valence-corrected chi connectivity index (χ2v) is 6.29. The molecule has 1 aliphatic heterocycles. The van der Waals surface area contributed by atoms with Gasteiger partial charge in [0, 0.05) is 31.7 Å². The fourth-order valence-electron chi connectivity index (χ4n) is 2.28. The molecule has 21 heavy (non-hydrogen) atoms. The van der Waals surface area contributed by atoms with Crippen LogP contribution in [0.3, 0.4) is 0 Å². The summed E-state index contributed by atoms with van der Waals surface area (Å²) in [4.78, 5) is 27.9. The molecule has 0 aromatic carbocycles. The summed E-state index contributed by atoms with van der Waals surface area (Å²) < 4.78 is 5.15. The fourth-order valence-corrected chi connectivity index (χ4v) is 2.28. The average molecular weight is 293 g/mol. The van der Waals surface area contributed by atoms with Gasteiger partial charge in [-0.2, -0.15) is 0 Å². The number of rotatable bonds is 1. The van der Waals surface area contributed by atoms with Crippen molar-refractivity contribution in [2.75, 3.05) is 26.2 Å². The van der Waals surface area contributed by atoms with Gasteiger partial charge in [0.25, 0.3) is 5.91 Å². The lowest BCUT2D eigenvalue weighted by Gasteiger charge is -2.27.